The van der Waals surface area contributed by atoms with Crippen molar-refractivity contribution in [2.45, 2.75) is 31.8 Å². The molecule has 1 unspecified atom stereocenters. The maximum absolute atomic E-state index is 9.77. The smallest absolute Gasteiger partial charge is 0.0572 e. The minimum absolute atomic E-state index is 0.0115. The fourth-order valence-corrected chi connectivity index (χ4v) is 2.85. The number of hydrogen-bond donors (Lipinski definition) is 1. The lowest BCUT2D eigenvalue weighted by atomic mass is 9.73. The lowest BCUT2D eigenvalue weighted by Crippen LogP contribution is -2.44. The van der Waals surface area contributed by atoms with Crippen LogP contribution in [0.15, 0.2) is 0 Å². The molecule has 0 amide bonds. The zero-order valence-corrected chi connectivity index (χ0v) is 7.87. The molecule has 2 nitrogen and oxygen atoms in total. The Bertz CT molecular complexity index is 160. The number of nitrogens with zero attached hydrogens (tertiary/aromatic N) is 1. The van der Waals surface area contributed by atoms with E-state index in [9.17, 15) is 5.11 Å². The number of aliphatic hydroxyl groups excluding tert-OH is 1. The van der Waals surface area contributed by atoms with Crippen LogP contribution < -0.4 is 0 Å². The van der Waals surface area contributed by atoms with Gasteiger partial charge in [0.25, 0.3) is 0 Å². The van der Waals surface area contributed by atoms with Crippen molar-refractivity contribution >= 4 is 0 Å². The third kappa shape index (κ3) is 1.50. The van der Waals surface area contributed by atoms with E-state index in [-0.39, 0.29) is 6.10 Å². The van der Waals surface area contributed by atoms with Gasteiger partial charge in [-0.2, -0.15) is 0 Å². The van der Waals surface area contributed by atoms with E-state index in [4.69, 9.17) is 0 Å². The molecule has 2 rings (SSSR count). The monoisotopic (exact) mass is 169 g/mol. The summed E-state index contributed by atoms with van der Waals surface area (Å²) >= 11 is 0. The predicted octanol–water partition coefficient (Wildman–Crippen LogP) is 1.10. The molecule has 1 N–H and O–H groups in total. The molecule has 0 aromatic rings. The summed E-state index contributed by atoms with van der Waals surface area (Å²) in [7, 11) is 2.19. The van der Waals surface area contributed by atoms with E-state index in [2.05, 4.69) is 11.9 Å². The van der Waals surface area contributed by atoms with Crippen molar-refractivity contribution in [3.63, 3.8) is 0 Å². The first kappa shape index (κ1) is 8.52. The molecule has 2 aliphatic rings. The van der Waals surface area contributed by atoms with Crippen LogP contribution >= 0.6 is 0 Å². The maximum atomic E-state index is 9.77. The summed E-state index contributed by atoms with van der Waals surface area (Å²) in [5, 5.41) is 9.77. The van der Waals surface area contributed by atoms with E-state index >= 15 is 0 Å². The van der Waals surface area contributed by atoms with Gasteiger partial charge in [-0.15, -0.1) is 0 Å². The Morgan fingerprint density at radius 3 is 2.92 bits per heavy atom. The van der Waals surface area contributed by atoms with Gasteiger partial charge < -0.3 is 10.0 Å². The van der Waals surface area contributed by atoms with Crippen molar-refractivity contribution in [3.05, 3.63) is 0 Å². The van der Waals surface area contributed by atoms with Crippen LogP contribution in [0.1, 0.15) is 25.7 Å². The summed E-state index contributed by atoms with van der Waals surface area (Å²) in [4.78, 5) is 2.40. The van der Waals surface area contributed by atoms with Crippen LogP contribution in [0.5, 0.6) is 0 Å². The zero-order chi connectivity index (χ0) is 8.55. The fraction of sp³-hybridized carbons (Fsp3) is 1.00. The second-order valence-electron chi connectivity index (χ2n) is 4.47. The Hall–Kier alpha value is -0.0800. The average molecular weight is 169 g/mol. The molecule has 2 heteroatoms. The summed E-state index contributed by atoms with van der Waals surface area (Å²) in [5.41, 5.74) is 0. The van der Waals surface area contributed by atoms with Crippen LogP contribution in [-0.2, 0) is 0 Å². The highest BCUT2D eigenvalue weighted by Gasteiger charge is 2.35. The minimum atomic E-state index is 0.0115. The Labute approximate surface area is 74.6 Å². The van der Waals surface area contributed by atoms with Gasteiger partial charge in [0.2, 0.25) is 0 Å². The predicted molar refractivity (Wildman–Crippen MR) is 49.0 cm³/mol. The number of piperidine rings is 1. The lowest BCUT2D eigenvalue weighted by molar-refractivity contribution is -0.00888. The molecule has 1 aliphatic carbocycles. The van der Waals surface area contributed by atoms with Crippen molar-refractivity contribution < 1.29 is 5.11 Å². The van der Waals surface area contributed by atoms with Gasteiger partial charge in [-0.3, -0.25) is 0 Å². The standard InChI is InChI=1S/C10H19NO/c1-11-6-5-9-8(7-11)3-2-4-10(9)12/h8-10,12H,2-7H2,1H3/t8-,9-,10?/m0/s1. The highest BCUT2D eigenvalue weighted by molar-refractivity contribution is 4.87. The summed E-state index contributed by atoms with van der Waals surface area (Å²) in [6.07, 6.45) is 4.84. The molecule has 1 saturated carbocycles. The third-order valence-corrected chi connectivity index (χ3v) is 3.56. The van der Waals surface area contributed by atoms with Crippen LogP contribution in [0.2, 0.25) is 0 Å². The summed E-state index contributed by atoms with van der Waals surface area (Å²) in [5.74, 6) is 1.41. The van der Waals surface area contributed by atoms with Crippen molar-refractivity contribution in [3.8, 4) is 0 Å². The Morgan fingerprint density at radius 1 is 1.25 bits per heavy atom. The molecule has 0 spiro atoms. The first-order valence-electron chi connectivity index (χ1n) is 5.14. The summed E-state index contributed by atoms with van der Waals surface area (Å²) in [6.45, 7) is 2.39. The van der Waals surface area contributed by atoms with Crippen molar-refractivity contribution in [1.29, 1.82) is 0 Å². The van der Waals surface area contributed by atoms with Gasteiger partial charge in [0.05, 0.1) is 6.10 Å². The Kier molecular flexibility index (Phi) is 2.37. The van der Waals surface area contributed by atoms with Crippen LogP contribution in [0, 0.1) is 11.8 Å². The third-order valence-electron chi connectivity index (χ3n) is 3.56. The second kappa shape index (κ2) is 3.35. The van der Waals surface area contributed by atoms with Gasteiger partial charge in [-0.25, -0.2) is 0 Å². The topological polar surface area (TPSA) is 23.5 Å². The largest absolute Gasteiger partial charge is 0.393 e. The van der Waals surface area contributed by atoms with E-state index in [1.165, 1.54) is 32.4 Å². The van der Waals surface area contributed by atoms with Gasteiger partial charge in [0, 0.05) is 6.54 Å². The van der Waals surface area contributed by atoms with E-state index in [0.29, 0.717) is 5.92 Å². The molecular formula is C10H19NO. The van der Waals surface area contributed by atoms with Gasteiger partial charge in [0.1, 0.15) is 0 Å². The lowest BCUT2D eigenvalue weighted by Gasteiger charge is -2.42. The van der Waals surface area contributed by atoms with Crippen LogP contribution in [0.3, 0.4) is 0 Å². The van der Waals surface area contributed by atoms with E-state index < -0.39 is 0 Å². The SMILES string of the molecule is CN1CC[C@@H]2C(O)CCC[C@H]2C1. The van der Waals surface area contributed by atoms with Gasteiger partial charge >= 0.3 is 0 Å². The summed E-state index contributed by atoms with van der Waals surface area (Å²) < 4.78 is 0. The molecule has 1 aliphatic heterocycles. The van der Waals surface area contributed by atoms with Gasteiger partial charge in [-0.1, -0.05) is 6.42 Å². The molecule has 1 heterocycles. The highest BCUT2D eigenvalue weighted by Crippen LogP contribution is 2.35. The summed E-state index contributed by atoms with van der Waals surface area (Å²) in [6, 6.07) is 0. The molecular weight excluding hydrogens is 150 g/mol. The zero-order valence-electron chi connectivity index (χ0n) is 7.87. The number of fused-ring (bicyclic) bond motifs is 1. The normalized spacial score (nSPS) is 44.0. The number of likely N-dealkylation sites (tertiary alicyclic amines) is 1. The average Bonchev–Trinajstić information content (AvgIpc) is 2.04. The van der Waals surface area contributed by atoms with E-state index in [1.54, 1.807) is 0 Å². The van der Waals surface area contributed by atoms with Gasteiger partial charge in [0.15, 0.2) is 0 Å². The van der Waals surface area contributed by atoms with Crippen molar-refractivity contribution in [2.24, 2.45) is 11.8 Å². The van der Waals surface area contributed by atoms with E-state index in [1.807, 2.05) is 0 Å². The molecule has 0 radical (unpaired) electrons. The molecule has 1 saturated heterocycles. The van der Waals surface area contributed by atoms with Crippen LogP contribution in [-0.4, -0.2) is 36.2 Å². The molecule has 0 aromatic heterocycles. The molecule has 0 bridgehead atoms. The Balaban J connectivity index is 1.99. The number of rotatable bonds is 0. The van der Waals surface area contributed by atoms with Crippen LogP contribution in [0.25, 0.3) is 0 Å². The molecule has 3 atom stereocenters. The van der Waals surface area contributed by atoms with Gasteiger partial charge in [-0.05, 0) is 44.7 Å². The number of aliphatic hydroxyl groups is 1. The number of hydrogen-bond acceptors (Lipinski definition) is 2. The second-order valence-corrected chi connectivity index (χ2v) is 4.47. The molecule has 12 heavy (non-hydrogen) atoms. The maximum Gasteiger partial charge on any atom is 0.0572 e. The first-order chi connectivity index (χ1) is 5.77. The fourth-order valence-electron chi connectivity index (χ4n) is 2.85. The Morgan fingerprint density at radius 2 is 2.08 bits per heavy atom. The van der Waals surface area contributed by atoms with Crippen molar-refractivity contribution in [2.75, 3.05) is 20.1 Å². The quantitative estimate of drug-likeness (QED) is 0.587. The van der Waals surface area contributed by atoms with E-state index in [0.717, 1.165) is 12.3 Å². The first-order valence-corrected chi connectivity index (χ1v) is 5.14. The minimum Gasteiger partial charge on any atom is -0.393 e. The highest BCUT2D eigenvalue weighted by atomic mass is 16.3. The molecule has 70 valence electrons. The molecule has 2 fully saturated rings. The van der Waals surface area contributed by atoms with Crippen molar-refractivity contribution in [1.82, 2.24) is 4.90 Å². The van der Waals surface area contributed by atoms with Crippen LogP contribution in [0.4, 0.5) is 0 Å². The molecule has 0 aromatic carbocycles.